The molecule has 1 aromatic rings. The Bertz CT molecular complexity index is 620. The molecule has 0 aliphatic carbocycles. The third-order valence-electron chi connectivity index (χ3n) is 4.65. The second-order valence-electron chi connectivity index (χ2n) is 6.14. The van der Waals surface area contributed by atoms with E-state index in [1.807, 2.05) is 4.90 Å². The molecule has 1 aliphatic rings. The molecule has 0 radical (unpaired) electrons. The van der Waals surface area contributed by atoms with Crippen LogP contribution < -0.4 is 14.2 Å². The van der Waals surface area contributed by atoms with Gasteiger partial charge in [-0.3, -0.25) is 4.79 Å². The molecule has 1 aromatic carbocycles. The summed E-state index contributed by atoms with van der Waals surface area (Å²) >= 11 is 0. The summed E-state index contributed by atoms with van der Waals surface area (Å²) in [6.45, 7) is 2.52. The highest BCUT2D eigenvalue weighted by atomic mass is 16.5. The number of rotatable bonds is 7. The lowest BCUT2D eigenvalue weighted by atomic mass is 10.00. The number of nitrogens with zero attached hydrogens (tertiary/aromatic N) is 1. The van der Waals surface area contributed by atoms with Crippen molar-refractivity contribution in [2.75, 3.05) is 34.5 Å². The van der Waals surface area contributed by atoms with Crippen molar-refractivity contribution >= 4 is 11.9 Å². The second kappa shape index (κ2) is 9.31. The van der Waals surface area contributed by atoms with Crippen LogP contribution in [0.5, 0.6) is 17.2 Å². The van der Waals surface area contributed by atoms with Crippen LogP contribution in [0.25, 0.3) is 0 Å². The Morgan fingerprint density at radius 1 is 1.08 bits per heavy atom. The molecule has 1 fully saturated rings. The van der Waals surface area contributed by atoms with Crippen LogP contribution in [0.1, 0.15) is 43.0 Å². The molecule has 1 amide bonds. The van der Waals surface area contributed by atoms with Crippen molar-refractivity contribution in [3.63, 3.8) is 0 Å². The quantitative estimate of drug-likeness (QED) is 0.692. The van der Waals surface area contributed by atoms with Crippen molar-refractivity contribution < 1.29 is 28.5 Å². The molecule has 2 rings (SSSR count). The SMILES string of the molecule is CC[C@H]1CCCCN1C(=O)COC(=O)c1cc(OC)c(OC)c(OC)c1. The molecule has 1 heterocycles. The molecule has 0 bridgehead atoms. The van der Waals surface area contributed by atoms with Crippen LogP contribution in [0, 0.1) is 0 Å². The van der Waals surface area contributed by atoms with Gasteiger partial charge in [-0.15, -0.1) is 0 Å². The van der Waals surface area contributed by atoms with Gasteiger partial charge < -0.3 is 23.8 Å². The van der Waals surface area contributed by atoms with Gasteiger partial charge in [-0.05, 0) is 37.8 Å². The van der Waals surface area contributed by atoms with Crippen LogP contribution in [0.2, 0.25) is 0 Å². The number of amides is 1. The summed E-state index contributed by atoms with van der Waals surface area (Å²) in [5.74, 6) is 0.334. The Labute approximate surface area is 154 Å². The molecule has 1 aliphatic heterocycles. The van der Waals surface area contributed by atoms with E-state index in [0.717, 1.165) is 32.2 Å². The van der Waals surface area contributed by atoms with Crippen molar-refractivity contribution in [2.24, 2.45) is 0 Å². The standard InChI is InChI=1S/C19H27NO6/c1-5-14-8-6-7-9-20(14)17(21)12-26-19(22)13-10-15(23-2)18(25-4)16(11-13)24-3/h10-11,14H,5-9,12H2,1-4H3/t14-/m0/s1. The molecule has 0 N–H and O–H groups in total. The Morgan fingerprint density at radius 3 is 2.27 bits per heavy atom. The second-order valence-corrected chi connectivity index (χ2v) is 6.14. The van der Waals surface area contributed by atoms with Gasteiger partial charge in [-0.2, -0.15) is 0 Å². The average Bonchev–Trinajstić information content (AvgIpc) is 2.70. The lowest BCUT2D eigenvalue weighted by molar-refractivity contribution is -0.138. The van der Waals surface area contributed by atoms with Crippen molar-refractivity contribution in [1.82, 2.24) is 4.90 Å². The van der Waals surface area contributed by atoms with E-state index in [1.165, 1.54) is 33.5 Å². The van der Waals surface area contributed by atoms with E-state index in [2.05, 4.69) is 6.92 Å². The predicted octanol–water partition coefficient (Wildman–Crippen LogP) is 2.66. The smallest absolute Gasteiger partial charge is 0.338 e. The first-order chi connectivity index (χ1) is 12.5. The first kappa shape index (κ1) is 19.9. The van der Waals surface area contributed by atoms with E-state index in [4.69, 9.17) is 18.9 Å². The van der Waals surface area contributed by atoms with Gasteiger partial charge in [0.05, 0.1) is 26.9 Å². The summed E-state index contributed by atoms with van der Waals surface area (Å²) < 4.78 is 20.9. The number of hydrogen-bond acceptors (Lipinski definition) is 6. The Kier molecular flexibility index (Phi) is 7.12. The number of likely N-dealkylation sites (tertiary alicyclic amines) is 1. The number of esters is 1. The van der Waals surface area contributed by atoms with Crippen LogP contribution in [0.3, 0.4) is 0 Å². The zero-order valence-electron chi connectivity index (χ0n) is 15.9. The van der Waals surface area contributed by atoms with Gasteiger partial charge in [0.25, 0.3) is 5.91 Å². The van der Waals surface area contributed by atoms with Gasteiger partial charge in [0.2, 0.25) is 5.75 Å². The highest BCUT2D eigenvalue weighted by Crippen LogP contribution is 2.38. The summed E-state index contributed by atoms with van der Waals surface area (Å²) in [6.07, 6.45) is 4.03. The maximum atomic E-state index is 12.4. The van der Waals surface area contributed by atoms with Gasteiger partial charge in [-0.25, -0.2) is 4.79 Å². The van der Waals surface area contributed by atoms with Gasteiger partial charge in [-0.1, -0.05) is 6.92 Å². The highest BCUT2D eigenvalue weighted by Gasteiger charge is 2.26. The van der Waals surface area contributed by atoms with E-state index in [1.54, 1.807) is 0 Å². The van der Waals surface area contributed by atoms with Crippen LogP contribution in [0.4, 0.5) is 0 Å². The van der Waals surface area contributed by atoms with Crippen molar-refractivity contribution in [3.05, 3.63) is 17.7 Å². The minimum absolute atomic E-state index is 0.155. The summed E-state index contributed by atoms with van der Waals surface area (Å²) in [6, 6.07) is 3.24. The van der Waals surface area contributed by atoms with Crippen molar-refractivity contribution in [2.45, 2.75) is 38.6 Å². The van der Waals surface area contributed by atoms with Crippen LogP contribution in [0.15, 0.2) is 12.1 Å². The third kappa shape index (κ3) is 4.39. The highest BCUT2D eigenvalue weighted by molar-refractivity contribution is 5.92. The van der Waals surface area contributed by atoms with Gasteiger partial charge in [0, 0.05) is 12.6 Å². The number of ether oxygens (including phenoxy) is 4. The first-order valence-corrected chi connectivity index (χ1v) is 8.82. The normalized spacial score (nSPS) is 16.8. The molecule has 1 atom stereocenters. The molecule has 7 heteroatoms. The maximum Gasteiger partial charge on any atom is 0.338 e. The fourth-order valence-corrected chi connectivity index (χ4v) is 3.25. The van der Waals surface area contributed by atoms with Crippen LogP contribution >= 0.6 is 0 Å². The first-order valence-electron chi connectivity index (χ1n) is 8.82. The van der Waals surface area contributed by atoms with Gasteiger partial charge in [0.15, 0.2) is 18.1 Å². The molecule has 1 saturated heterocycles. The van der Waals surface area contributed by atoms with Crippen molar-refractivity contribution in [1.29, 1.82) is 0 Å². The number of carbonyl (C=O) groups excluding carboxylic acids is 2. The fourth-order valence-electron chi connectivity index (χ4n) is 3.25. The zero-order valence-corrected chi connectivity index (χ0v) is 15.9. The maximum absolute atomic E-state index is 12.4. The fraction of sp³-hybridized carbons (Fsp3) is 0.579. The minimum atomic E-state index is -0.609. The lowest BCUT2D eigenvalue weighted by Gasteiger charge is -2.35. The number of methoxy groups -OCH3 is 3. The third-order valence-corrected chi connectivity index (χ3v) is 4.65. The number of carbonyl (C=O) groups is 2. The Hall–Kier alpha value is -2.44. The van der Waals surface area contributed by atoms with E-state index < -0.39 is 5.97 Å². The van der Waals surface area contributed by atoms with Gasteiger partial charge >= 0.3 is 5.97 Å². The van der Waals surface area contributed by atoms with E-state index >= 15 is 0 Å². The molecule has 0 saturated carbocycles. The molecule has 144 valence electrons. The molecule has 0 aromatic heterocycles. The largest absolute Gasteiger partial charge is 0.493 e. The zero-order chi connectivity index (χ0) is 19.1. The van der Waals surface area contributed by atoms with Crippen LogP contribution in [-0.4, -0.2) is 57.3 Å². The summed E-state index contributed by atoms with van der Waals surface area (Å²) in [7, 11) is 4.42. The summed E-state index contributed by atoms with van der Waals surface area (Å²) in [5.41, 5.74) is 0.234. The monoisotopic (exact) mass is 365 g/mol. The minimum Gasteiger partial charge on any atom is -0.493 e. The topological polar surface area (TPSA) is 74.3 Å². The van der Waals surface area contributed by atoms with E-state index in [9.17, 15) is 9.59 Å². The van der Waals surface area contributed by atoms with Crippen LogP contribution in [-0.2, 0) is 9.53 Å². The number of benzene rings is 1. The molecular weight excluding hydrogens is 338 g/mol. The lowest BCUT2D eigenvalue weighted by Crippen LogP contribution is -2.45. The summed E-state index contributed by atoms with van der Waals surface area (Å²) in [5, 5.41) is 0. The molecule has 7 nitrogen and oxygen atoms in total. The Balaban J connectivity index is 2.06. The molecular formula is C19H27NO6. The number of piperidine rings is 1. The Morgan fingerprint density at radius 2 is 1.73 bits per heavy atom. The molecule has 0 unspecified atom stereocenters. The van der Waals surface area contributed by atoms with Crippen molar-refractivity contribution in [3.8, 4) is 17.2 Å². The van der Waals surface area contributed by atoms with E-state index in [-0.39, 0.29) is 24.1 Å². The summed E-state index contributed by atoms with van der Waals surface area (Å²) in [4.78, 5) is 26.6. The van der Waals surface area contributed by atoms with Gasteiger partial charge in [0.1, 0.15) is 0 Å². The average molecular weight is 365 g/mol. The molecule has 0 spiro atoms. The predicted molar refractivity (Wildman–Crippen MR) is 96.0 cm³/mol. The number of hydrogen-bond donors (Lipinski definition) is 0. The molecule has 26 heavy (non-hydrogen) atoms. The van der Waals surface area contributed by atoms with E-state index in [0.29, 0.717) is 17.2 Å².